The van der Waals surface area contributed by atoms with Crippen LogP contribution in [0.25, 0.3) is 17.1 Å². The molecule has 0 aliphatic carbocycles. The number of hydrogen-bond donors (Lipinski definition) is 1. The Kier molecular flexibility index (Phi) is 6.43. The van der Waals surface area contributed by atoms with Gasteiger partial charge in [0.05, 0.1) is 0 Å². The lowest BCUT2D eigenvalue weighted by atomic mass is 9.92. The standard InChI is InChI=1S/C25H25F2N5O3/c26-25(27)35-20-5-1-16(2-6-20)3-8-23(33)31-11-9-18-14-32(15-19(18)10-12-31)24(34)17-4-7-21-22(13-17)29-30-28-21/h1-8,13,18-19,25H,9-12,14-15H2,(H,28,29,30)/t18-,19+. The Hall–Kier alpha value is -3.82. The van der Waals surface area contributed by atoms with Crippen LogP contribution in [-0.4, -0.2) is 69.8 Å². The molecule has 0 bridgehead atoms. The highest BCUT2D eigenvalue weighted by molar-refractivity contribution is 5.97. The summed E-state index contributed by atoms with van der Waals surface area (Å²) in [5.74, 6) is 0.724. The van der Waals surface area contributed by atoms with Gasteiger partial charge >= 0.3 is 6.61 Å². The Morgan fingerprint density at radius 3 is 2.34 bits per heavy atom. The first-order valence-corrected chi connectivity index (χ1v) is 11.6. The maximum atomic E-state index is 13.1. The summed E-state index contributed by atoms with van der Waals surface area (Å²) in [6.45, 7) is -0.220. The quantitative estimate of drug-likeness (QED) is 0.563. The highest BCUT2D eigenvalue weighted by Crippen LogP contribution is 2.33. The lowest BCUT2D eigenvalue weighted by Crippen LogP contribution is -2.33. The van der Waals surface area contributed by atoms with Crippen LogP contribution in [0, 0.1) is 11.8 Å². The van der Waals surface area contributed by atoms with Crippen LogP contribution in [0.5, 0.6) is 5.75 Å². The molecular weight excluding hydrogens is 456 g/mol. The van der Waals surface area contributed by atoms with Gasteiger partial charge in [0.25, 0.3) is 5.91 Å². The summed E-state index contributed by atoms with van der Waals surface area (Å²) in [6.07, 6.45) is 4.87. The monoisotopic (exact) mass is 481 g/mol. The van der Waals surface area contributed by atoms with Crippen LogP contribution in [0.4, 0.5) is 8.78 Å². The van der Waals surface area contributed by atoms with Gasteiger partial charge in [0, 0.05) is 37.8 Å². The highest BCUT2D eigenvalue weighted by Gasteiger charge is 2.37. The first kappa shape index (κ1) is 22.9. The van der Waals surface area contributed by atoms with Gasteiger partial charge in [-0.2, -0.15) is 24.2 Å². The van der Waals surface area contributed by atoms with Crippen LogP contribution >= 0.6 is 0 Å². The van der Waals surface area contributed by atoms with Crippen LogP contribution in [0.2, 0.25) is 0 Å². The van der Waals surface area contributed by atoms with Gasteiger partial charge in [-0.05, 0) is 66.6 Å². The number of nitrogens with one attached hydrogen (secondary N) is 1. The number of benzene rings is 2. The smallest absolute Gasteiger partial charge is 0.387 e. The summed E-state index contributed by atoms with van der Waals surface area (Å²) in [4.78, 5) is 29.5. The fourth-order valence-electron chi connectivity index (χ4n) is 4.92. The topological polar surface area (TPSA) is 91.4 Å². The van der Waals surface area contributed by atoms with E-state index in [4.69, 9.17) is 0 Å². The van der Waals surface area contributed by atoms with Gasteiger partial charge in [-0.15, -0.1) is 0 Å². The molecule has 5 rings (SSSR count). The largest absolute Gasteiger partial charge is 0.435 e. The summed E-state index contributed by atoms with van der Waals surface area (Å²) in [5, 5.41) is 10.7. The van der Waals surface area contributed by atoms with Crippen molar-refractivity contribution in [2.24, 2.45) is 11.8 Å². The van der Waals surface area contributed by atoms with Gasteiger partial charge in [-0.3, -0.25) is 9.59 Å². The van der Waals surface area contributed by atoms with E-state index in [0.717, 1.165) is 23.9 Å². The minimum absolute atomic E-state index is 0.00353. The molecule has 182 valence electrons. The third-order valence-electron chi connectivity index (χ3n) is 6.80. The Morgan fingerprint density at radius 1 is 0.971 bits per heavy atom. The molecule has 2 aliphatic heterocycles. The average molecular weight is 482 g/mol. The number of aromatic amines is 1. The van der Waals surface area contributed by atoms with E-state index in [1.807, 2.05) is 9.80 Å². The van der Waals surface area contributed by atoms with Gasteiger partial charge < -0.3 is 14.5 Å². The first-order valence-electron chi connectivity index (χ1n) is 11.6. The fourth-order valence-corrected chi connectivity index (χ4v) is 4.92. The van der Waals surface area contributed by atoms with Crippen molar-refractivity contribution in [3.63, 3.8) is 0 Å². The third-order valence-corrected chi connectivity index (χ3v) is 6.80. The molecule has 8 nitrogen and oxygen atoms in total. The summed E-state index contributed by atoms with van der Waals surface area (Å²) < 4.78 is 28.9. The number of ether oxygens (including phenoxy) is 1. The molecule has 2 amide bonds. The summed E-state index contributed by atoms with van der Waals surface area (Å²) in [7, 11) is 0. The normalized spacial score (nSPS) is 20.4. The van der Waals surface area contributed by atoms with Crippen LogP contribution in [-0.2, 0) is 4.79 Å². The van der Waals surface area contributed by atoms with Gasteiger partial charge in [0.1, 0.15) is 16.8 Å². The van der Waals surface area contributed by atoms with Crippen molar-refractivity contribution in [1.82, 2.24) is 25.2 Å². The summed E-state index contributed by atoms with van der Waals surface area (Å²) in [6, 6.07) is 11.5. The third kappa shape index (κ3) is 5.16. The second kappa shape index (κ2) is 9.81. The molecule has 2 fully saturated rings. The molecule has 10 heteroatoms. The van der Waals surface area contributed by atoms with Crippen molar-refractivity contribution in [3.8, 4) is 5.75 Å². The lowest BCUT2D eigenvalue weighted by molar-refractivity contribution is -0.126. The Morgan fingerprint density at radius 2 is 1.66 bits per heavy atom. The van der Waals surface area contributed by atoms with Crippen molar-refractivity contribution in [2.45, 2.75) is 19.5 Å². The van der Waals surface area contributed by atoms with Crippen molar-refractivity contribution >= 4 is 28.9 Å². The molecule has 0 spiro atoms. The zero-order chi connectivity index (χ0) is 24.4. The molecule has 2 saturated heterocycles. The number of nitrogens with zero attached hydrogens (tertiary/aromatic N) is 4. The second-order valence-corrected chi connectivity index (χ2v) is 8.94. The molecule has 0 unspecified atom stereocenters. The predicted octanol–water partition coefficient (Wildman–Crippen LogP) is 3.58. The van der Waals surface area contributed by atoms with E-state index >= 15 is 0 Å². The number of carbonyl (C=O) groups excluding carboxylic acids is 2. The Labute approximate surface area is 200 Å². The highest BCUT2D eigenvalue weighted by atomic mass is 19.3. The molecule has 2 atom stereocenters. The molecule has 1 aromatic heterocycles. The number of carbonyl (C=O) groups is 2. The molecule has 3 heterocycles. The van der Waals surface area contributed by atoms with E-state index in [0.29, 0.717) is 49.1 Å². The van der Waals surface area contributed by atoms with E-state index in [1.165, 1.54) is 18.2 Å². The van der Waals surface area contributed by atoms with Crippen LogP contribution in [0.15, 0.2) is 48.5 Å². The number of fused-ring (bicyclic) bond motifs is 2. The number of rotatable bonds is 5. The molecule has 2 aliphatic rings. The van der Waals surface area contributed by atoms with Gasteiger partial charge in [0.2, 0.25) is 5.91 Å². The Bertz CT molecular complexity index is 1230. The lowest BCUT2D eigenvalue weighted by Gasteiger charge is -2.21. The van der Waals surface area contributed by atoms with Crippen molar-refractivity contribution < 1.29 is 23.1 Å². The van der Waals surface area contributed by atoms with E-state index in [-0.39, 0.29) is 17.6 Å². The van der Waals surface area contributed by atoms with Crippen LogP contribution in [0.1, 0.15) is 28.8 Å². The van der Waals surface area contributed by atoms with E-state index in [2.05, 4.69) is 20.1 Å². The number of halogens is 2. The summed E-state index contributed by atoms with van der Waals surface area (Å²) >= 11 is 0. The molecule has 0 saturated carbocycles. The predicted molar refractivity (Wildman–Crippen MR) is 125 cm³/mol. The number of aromatic nitrogens is 3. The number of likely N-dealkylation sites (tertiary alicyclic amines) is 2. The molecule has 0 radical (unpaired) electrons. The molecule has 1 N–H and O–H groups in total. The second-order valence-electron chi connectivity index (χ2n) is 8.94. The van der Waals surface area contributed by atoms with Crippen LogP contribution < -0.4 is 4.74 Å². The number of amides is 2. The SMILES string of the molecule is O=C(C=Cc1ccc(OC(F)F)cc1)N1CC[C@@H]2CN(C(=O)c3ccc4n[nH]nc4c3)C[C@@H]2CC1. The first-order chi connectivity index (χ1) is 17.0. The zero-order valence-electron chi connectivity index (χ0n) is 18.9. The minimum Gasteiger partial charge on any atom is -0.435 e. The van der Waals surface area contributed by atoms with Crippen LogP contribution in [0.3, 0.4) is 0 Å². The molecule has 2 aromatic carbocycles. The minimum atomic E-state index is -2.87. The zero-order valence-corrected chi connectivity index (χ0v) is 18.9. The van der Waals surface area contributed by atoms with Gasteiger partial charge in [-0.25, -0.2) is 0 Å². The Balaban J connectivity index is 1.15. The van der Waals surface area contributed by atoms with E-state index in [1.54, 1.807) is 36.4 Å². The number of alkyl halides is 2. The van der Waals surface area contributed by atoms with E-state index in [9.17, 15) is 18.4 Å². The van der Waals surface area contributed by atoms with Crippen molar-refractivity contribution in [2.75, 3.05) is 26.2 Å². The molecular formula is C25H25F2N5O3. The van der Waals surface area contributed by atoms with Crippen molar-refractivity contribution in [3.05, 3.63) is 59.7 Å². The van der Waals surface area contributed by atoms with Crippen molar-refractivity contribution in [1.29, 1.82) is 0 Å². The van der Waals surface area contributed by atoms with Gasteiger partial charge in [-0.1, -0.05) is 12.1 Å². The number of H-pyrrole nitrogens is 1. The fraction of sp³-hybridized carbons (Fsp3) is 0.360. The maximum absolute atomic E-state index is 13.1. The molecule has 35 heavy (non-hydrogen) atoms. The van der Waals surface area contributed by atoms with E-state index < -0.39 is 6.61 Å². The number of hydrogen-bond acceptors (Lipinski definition) is 5. The summed E-state index contributed by atoms with van der Waals surface area (Å²) in [5.41, 5.74) is 2.73. The molecule has 3 aromatic rings. The maximum Gasteiger partial charge on any atom is 0.387 e. The average Bonchev–Trinajstić information content (AvgIpc) is 3.44. The van der Waals surface area contributed by atoms with Gasteiger partial charge in [0.15, 0.2) is 0 Å².